The lowest BCUT2D eigenvalue weighted by Gasteiger charge is -2.25. The molecule has 1 aromatic heterocycles. The molecule has 1 N–H and O–H groups in total. The third kappa shape index (κ3) is 2.48. The van der Waals surface area contributed by atoms with Crippen molar-refractivity contribution in [2.24, 2.45) is 0 Å². The summed E-state index contributed by atoms with van der Waals surface area (Å²) in [6.45, 7) is 2.55. The Labute approximate surface area is 115 Å². The van der Waals surface area contributed by atoms with Crippen LogP contribution in [0.25, 0.3) is 11.0 Å². The van der Waals surface area contributed by atoms with E-state index in [9.17, 15) is 9.90 Å². The minimum atomic E-state index is -0.911. The Bertz CT molecular complexity index is 602. The molecule has 1 aliphatic rings. The highest BCUT2D eigenvalue weighted by atomic mass is 32.2. The van der Waals surface area contributed by atoms with E-state index in [1.165, 1.54) is 0 Å². The molecule has 5 heteroatoms. The van der Waals surface area contributed by atoms with Gasteiger partial charge in [0.1, 0.15) is 16.9 Å². The van der Waals surface area contributed by atoms with Crippen LogP contribution in [0.2, 0.25) is 0 Å². The minimum Gasteiger partial charge on any atom is -0.478 e. The second-order valence-corrected chi connectivity index (χ2v) is 5.81. The molecule has 0 amide bonds. The molecule has 1 aromatic carbocycles. The SMILES string of the molecule is O=C(O)c1c(CN2CCSCC2)oc2ccccc12. The molecule has 0 saturated carbocycles. The maximum Gasteiger partial charge on any atom is 0.339 e. The molecule has 0 spiro atoms. The number of thioether (sulfide) groups is 1. The number of hydrogen-bond acceptors (Lipinski definition) is 4. The number of aromatic carboxylic acids is 1. The molecule has 0 bridgehead atoms. The lowest BCUT2D eigenvalue weighted by atomic mass is 10.1. The number of benzene rings is 1. The minimum absolute atomic E-state index is 0.314. The number of carboxylic acid groups (broad SMARTS) is 1. The summed E-state index contributed by atoms with van der Waals surface area (Å²) in [6, 6.07) is 7.32. The highest BCUT2D eigenvalue weighted by molar-refractivity contribution is 7.99. The molecule has 0 atom stereocenters. The first kappa shape index (κ1) is 12.6. The van der Waals surface area contributed by atoms with Crippen molar-refractivity contribution in [1.29, 1.82) is 0 Å². The number of furan rings is 1. The summed E-state index contributed by atoms with van der Waals surface area (Å²) in [6.07, 6.45) is 0. The molecule has 2 heterocycles. The van der Waals surface area contributed by atoms with Crippen molar-refractivity contribution in [3.8, 4) is 0 Å². The number of nitrogens with zero attached hydrogens (tertiary/aromatic N) is 1. The lowest BCUT2D eigenvalue weighted by molar-refractivity contribution is 0.0694. The fraction of sp³-hybridized carbons (Fsp3) is 0.357. The van der Waals surface area contributed by atoms with Crippen LogP contribution in [-0.2, 0) is 6.54 Å². The predicted octanol–water partition coefficient (Wildman–Crippen LogP) is 2.68. The number of carboxylic acids is 1. The molecular weight excluding hydrogens is 262 g/mol. The van der Waals surface area contributed by atoms with E-state index >= 15 is 0 Å². The average molecular weight is 277 g/mol. The van der Waals surface area contributed by atoms with Gasteiger partial charge in [-0.15, -0.1) is 0 Å². The first-order valence-electron chi connectivity index (χ1n) is 6.29. The average Bonchev–Trinajstić information content (AvgIpc) is 2.77. The fourth-order valence-corrected chi connectivity index (χ4v) is 3.38. The lowest BCUT2D eigenvalue weighted by Crippen LogP contribution is -2.32. The molecule has 0 aliphatic carbocycles. The van der Waals surface area contributed by atoms with Crippen LogP contribution in [0.3, 0.4) is 0 Å². The Morgan fingerprint density at radius 1 is 1.32 bits per heavy atom. The Morgan fingerprint density at radius 2 is 2.05 bits per heavy atom. The van der Waals surface area contributed by atoms with E-state index in [2.05, 4.69) is 4.90 Å². The topological polar surface area (TPSA) is 53.7 Å². The summed E-state index contributed by atoms with van der Waals surface area (Å²) in [7, 11) is 0. The van der Waals surface area contributed by atoms with Crippen molar-refractivity contribution >= 4 is 28.7 Å². The largest absolute Gasteiger partial charge is 0.478 e. The van der Waals surface area contributed by atoms with Crippen LogP contribution < -0.4 is 0 Å². The smallest absolute Gasteiger partial charge is 0.339 e. The Hall–Kier alpha value is -1.46. The van der Waals surface area contributed by atoms with Gasteiger partial charge in [0, 0.05) is 30.0 Å². The van der Waals surface area contributed by atoms with E-state index in [4.69, 9.17) is 4.42 Å². The van der Waals surface area contributed by atoms with Gasteiger partial charge < -0.3 is 9.52 Å². The summed E-state index contributed by atoms with van der Waals surface area (Å²) in [5.74, 6) is 1.86. The molecule has 2 aromatic rings. The second kappa shape index (κ2) is 5.27. The van der Waals surface area contributed by atoms with E-state index in [1.807, 2.05) is 30.0 Å². The highest BCUT2D eigenvalue weighted by Crippen LogP contribution is 2.27. The van der Waals surface area contributed by atoms with E-state index in [0.717, 1.165) is 24.6 Å². The number of rotatable bonds is 3. The third-order valence-corrected chi connectivity index (χ3v) is 4.30. The van der Waals surface area contributed by atoms with E-state index in [1.54, 1.807) is 6.07 Å². The molecule has 3 rings (SSSR count). The Balaban J connectivity index is 1.97. The van der Waals surface area contributed by atoms with Gasteiger partial charge in [-0.05, 0) is 6.07 Å². The van der Waals surface area contributed by atoms with Gasteiger partial charge in [0.15, 0.2) is 0 Å². The molecule has 4 nitrogen and oxygen atoms in total. The maximum absolute atomic E-state index is 11.5. The summed E-state index contributed by atoms with van der Waals surface area (Å²) in [5.41, 5.74) is 0.968. The predicted molar refractivity (Wildman–Crippen MR) is 75.8 cm³/mol. The van der Waals surface area contributed by atoms with Gasteiger partial charge in [0.25, 0.3) is 0 Å². The Morgan fingerprint density at radius 3 is 2.79 bits per heavy atom. The van der Waals surface area contributed by atoms with Gasteiger partial charge in [-0.1, -0.05) is 18.2 Å². The molecule has 1 aliphatic heterocycles. The zero-order valence-corrected chi connectivity index (χ0v) is 11.3. The van der Waals surface area contributed by atoms with Crippen molar-refractivity contribution in [2.45, 2.75) is 6.54 Å². The van der Waals surface area contributed by atoms with Crippen molar-refractivity contribution in [2.75, 3.05) is 24.6 Å². The zero-order valence-electron chi connectivity index (χ0n) is 10.5. The number of para-hydroxylation sites is 1. The molecule has 0 radical (unpaired) electrons. The van der Waals surface area contributed by atoms with Crippen molar-refractivity contribution in [3.05, 3.63) is 35.6 Å². The summed E-state index contributed by atoms with van der Waals surface area (Å²) in [4.78, 5) is 13.7. The van der Waals surface area contributed by atoms with Gasteiger partial charge in [-0.25, -0.2) is 4.79 Å². The third-order valence-electron chi connectivity index (χ3n) is 3.35. The summed E-state index contributed by atoms with van der Waals surface area (Å²) in [5, 5.41) is 10.1. The summed E-state index contributed by atoms with van der Waals surface area (Å²) < 4.78 is 5.73. The van der Waals surface area contributed by atoms with Crippen molar-refractivity contribution < 1.29 is 14.3 Å². The quantitative estimate of drug-likeness (QED) is 0.934. The van der Waals surface area contributed by atoms with Gasteiger partial charge in [0.2, 0.25) is 0 Å². The standard InChI is InChI=1S/C14H15NO3S/c16-14(17)13-10-3-1-2-4-11(10)18-12(13)9-15-5-7-19-8-6-15/h1-4H,5-9H2,(H,16,17). The first-order valence-corrected chi connectivity index (χ1v) is 7.45. The first-order chi connectivity index (χ1) is 9.25. The zero-order chi connectivity index (χ0) is 13.2. The van der Waals surface area contributed by atoms with Crippen LogP contribution in [0.4, 0.5) is 0 Å². The maximum atomic E-state index is 11.5. The second-order valence-electron chi connectivity index (χ2n) is 4.59. The summed E-state index contributed by atoms with van der Waals surface area (Å²) >= 11 is 1.94. The molecule has 19 heavy (non-hydrogen) atoms. The van der Waals surface area contributed by atoms with Crippen LogP contribution in [0, 0.1) is 0 Å². The van der Waals surface area contributed by atoms with E-state index in [0.29, 0.717) is 28.8 Å². The monoisotopic (exact) mass is 277 g/mol. The Kier molecular flexibility index (Phi) is 3.48. The fourth-order valence-electron chi connectivity index (χ4n) is 2.40. The number of fused-ring (bicyclic) bond motifs is 1. The van der Waals surface area contributed by atoms with Crippen LogP contribution in [0.1, 0.15) is 16.1 Å². The molecule has 1 fully saturated rings. The van der Waals surface area contributed by atoms with Crippen LogP contribution >= 0.6 is 11.8 Å². The van der Waals surface area contributed by atoms with Crippen molar-refractivity contribution in [3.63, 3.8) is 0 Å². The molecule has 0 unspecified atom stereocenters. The van der Waals surface area contributed by atoms with Crippen LogP contribution in [0.5, 0.6) is 0 Å². The van der Waals surface area contributed by atoms with Crippen LogP contribution in [0.15, 0.2) is 28.7 Å². The van der Waals surface area contributed by atoms with Gasteiger partial charge in [-0.3, -0.25) is 4.90 Å². The van der Waals surface area contributed by atoms with E-state index in [-0.39, 0.29) is 0 Å². The van der Waals surface area contributed by atoms with E-state index < -0.39 is 5.97 Å². The number of carbonyl (C=O) groups is 1. The molecule has 1 saturated heterocycles. The van der Waals surface area contributed by atoms with Gasteiger partial charge >= 0.3 is 5.97 Å². The highest BCUT2D eigenvalue weighted by Gasteiger charge is 2.22. The molecule has 100 valence electrons. The van der Waals surface area contributed by atoms with Crippen molar-refractivity contribution in [1.82, 2.24) is 4.90 Å². The van der Waals surface area contributed by atoms with Gasteiger partial charge in [-0.2, -0.15) is 11.8 Å². The van der Waals surface area contributed by atoms with Crippen LogP contribution in [-0.4, -0.2) is 40.6 Å². The molecular formula is C14H15NO3S. The normalized spacial score (nSPS) is 16.8. The van der Waals surface area contributed by atoms with Gasteiger partial charge in [0.05, 0.1) is 6.54 Å². The number of hydrogen-bond donors (Lipinski definition) is 1.